The average molecular weight is 289 g/mol. The quantitative estimate of drug-likeness (QED) is 0.930. The van der Waals surface area contributed by atoms with Gasteiger partial charge in [0, 0.05) is 18.0 Å². The summed E-state index contributed by atoms with van der Waals surface area (Å²) in [5, 5.41) is 9.78. The van der Waals surface area contributed by atoms with E-state index in [0.29, 0.717) is 6.61 Å². The van der Waals surface area contributed by atoms with Gasteiger partial charge in [0.1, 0.15) is 6.61 Å². The van der Waals surface area contributed by atoms with Crippen LogP contribution in [0.15, 0.2) is 30.3 Å². The Morgan fingerprint density at radius 2 is 2.05 bits per heavy atom. The molecule has 0 aromatic heterocycles. The smallest absolute Gasteiger partial charge is 0.410 e. The number of ether oxygens (including phenoxy) is 1. The molecular formula is C17H23NO3. The zero-order valence-electron chi connectivity index (χ0n) is 12.3. The number of fused-ring (bicyclic) bond motifs is 1. The van der Waals surface area contributed by atoms with E-state index >= 15 is 0 Å². The molecule has 1 aromatic carbocycles. The van der Waals surface area contributed by atoms with E-state index < -0.39 is 0 Å². The molecule has 2 aliphatic rings. The van der Waals surface area contributed by atoms with E-state index in [1.54, 1.807) is 0 Å². The van der Waals surface area contributed by atoms with Gasteiger partial charge in [0.25, 0.3) is 0 Å². The van der Waals surface area contributed by atoms with Crippen molar-refractivity contribution in [3.05, 3.63) is 35.9 Å². The lowest BCUT2D eigenvalue weighted by Gasteiger charge is -2.44. The van der Waals surface area contributed by atoms with Crippen molar-refractivity contribution < 1.29 is 14.6 Å². The van der Waals surface area contributed by atoms with Crippen LogP contribution in [0.4, 0.5) is 4.79 Å². The molecule has 114 valence electrons. The minimum Gasteiger partial charge on any atom is -0.445 e. The van der Waals surface area contributed by atoms with Crippen molar-refractivity contribution in [1.29, 1.82) is 0 Å². The van der Waals surface area contributed by atoms with Gasteiger partial charge in [0.2, 0.25) is 0 Å². The normalized spacial score (nSPS) is 28.2. The summed E-state index contributed by atoms with van der Waals surface area (Å²) in [5.74, 6) is 0. The molecule has 0 unspecified atom stereocenters. The van der Waals surface area contributed by atoms with Crippen LogP contribution in [0.3, 0.4) is 0 Å². The molecule has 1 N–H and O–H groups in total. The molecule has 1 amide bonds. The molecular weight excluding hydrogens is 266 g/mol. The maximum absolute atomic E-state index is 12.4. The first-order valence-corrected chi connectivity index (χ1v) is 7.83. The van der Waals surface area contributed by atoms with Crippen LogP contribution in [-0.4, -0.2) is 35.3 Å². The summed E-state index contributed by atoms with van der Waals surface area (Å²) in [6.07, 6.45) is 4.85. The molecule has 4 nitrogen and oxygen atoms in total. The standard InChI is InChI=1S/C17H23NO3/c19-13-17-9-4-8-15(17)18(11-5-10-17)16(20)21-12-14-6-2-1-3-7-14/h1-3,6-7,15,19H,4-5,8-13H2/t15-,17-/m1/s1. The number of likely N-dealkylation sites (tertiary alicyclic amines) is 1. The topological polar surface area (TPSA) is 49.8 Å². The van der Waals surface area contributed by atoms with Crippen molar-refractivity contribution in [3.63, 3.8) is 0 Å². The fourth-order valence-corrected chi connectivity index (χ4v) is 3.94. The Labute approximate surface area is 125 Å². The van der Waals surface area contributed by atoms with Crippen LogP contribution in [0.1, 0.15) is 37.7 Å². The van der Waals surface area contributed by atoms with Crippen LogP contribution in [0, 0.1) is 5.41 Å². The second-order valence-electron chi connectivity index (χ2n) is 6.27. The molecule has 2 fully saturated rings. The third-order valence-corrected chi connectivity index (χ3v) is 5.06. The highest BCUT2D eigenvalue weighted by atomic mass is 16.6. The zero-order chi connectivity index (χ0) is 14.7. The van der Waals surface area contributed by atoms with Crippen LogP contribution in [-0.2, 0) is 11.3 Å². The molecule has 1 heterocycles. The van der Waals surface area contributed by atoms with E-state index in [4.69, 9.17) is 4.74 Å². The predicted molar refractivity (Wildman–Crippen MR) is 79.7 cm³/mol. The number of rotatable bonds is 3. The first-order chi connectivity index (χ1) is 10.2. The molecule has 0 radical (unpaired) electrons. The maximum atomic E-state index is 12.4. The summed E-state index contributed by atoms with van der Waals surface area (Å²) in [4.78, 5) is 14.3. The van der Waals surface area contributed by atoms with Gasteiger partial charge in [-0.15, -0.1) is 0 Å². The van der Waals surface area contributed by atoms with E-state index in [-0.39, 0.29) is 24.2 Å². The highest BCUT2D eigenvalue weighted by Crippen LogP contribution is 2.47. The van der Waals surface area contributed by atoms with Crippen molar-refractivity contribution in [2.45, 2.75) is 44.8 Å². The summed E-state index contributed by atoms with van der Waals surface area (Å²) in [6, 6.07) is 9.90. The molecule has 1 aliphatic heterocycles. The van der Waals surface area contributed by atoms with Gasteiger partial charge in [-0.25, -0.2) is 4.79 Å². The molecule has 0 spiro atoms. The Bertz CT molecular complexity index is 490. The Hall–Kier alpha value is -1.55. The lowest BCUT2D eigenvalue weighted by atomic mass is 9.76. The van der Waals surface area contributed by atoms with E-state index in [2.05, 4.69) is 0 Å². The van der Waals surface area contributed by atoms with Crippen LogP contribution in [0.5, 0.6) is 0 Å². The first kappa shape index (κ1) is 14.4. The minimum absolute atomic E-state index is 0.0793. The van der Waals surface area contributed by atoms with Gasteiger partial charge in [0.15, 0.2) is 0 Å². The summed E-state index contributed by atoms with van der Waals surface area (Å²) in [7, 11) is 0. The van der Waals surface area contributed by atoms with Gasteiger partial charge in [-0.1, -0.05) is 36.8 Å². The first-order valence-electron chi connectivity index (χ1n) is 7.83. The van der Waals surface area contributed by atoms with Crippen LogP contribution >= 0.6 is 0 Å². The van der Waals surface area contributed by atoms with Crippen LogP contribution in [0.25, 0.3) is 0 Å². The van der Waals surface area contributed by atoms with Crippen molar-refractivity contribution in [2.24, 2.45) is 5.41 Å². The SMILES string of the molecule is O=C(OCc1ccccc1)N1CCC[C@@]2(CO)CCC[C@@H]12. The Kier molecular flexibility index (Phi) is 4.15. The van der Waals surface area contributed by atoms with Gasteiger partial charge in [0.05, 0.1) is 6.61 Å². The van der Waals surface area contributed by atoms with Crippen molar-refractivity contribution in [3.8, 4) is 0 Å². The highest BCUT2D eigenvalue weighted by molar-refractivity contribution is 5.68. The third kappa shape index (κ3) is 2.77. The average Bonchev–Trinajstić information content (AvgIpc) is 2.98. The minimum atomic E-state index is -0.233. The highest BCUT2D eigenvalue weighted by Gasteiger charge is 2.49. The number of hydrogen-bond donors (Lipinski definition) is 1. The van der Waals surface area contributed by atoms with Crippen molar-refractivity contribution in [1.82, 2.24) is 4.90 Å². The summed E-state index contributed by atoms with van der Waals surface area (Å²) >= 11 is 0. The number of piperidine rings is 1. The second-order valence-corrected chi connectivity index (χ2v) is 6.27. The fourth-order valence-electron chi connectivity index (χ4n) is 3.94. The number of benzene rings is 1. The molecule has 1 saturated carbocycles. The molecule has 0 bridgehead atoms. The van der Waals surface area contributed by atoms with Crippen LogP contribution in [0.2, 0.25) is 0 Å². The second kappa shape index (κ2) is 6.06. The number of carbonyl (C=O) groups excluding carboxylic acids is 1. The number of carbonyl (C=O) groups is 1. The van der Waals surface area contributed by atoms with Gasteiger partial charge in [-0.3, -0.25) is 0 Å². The van der Waals surface area contributed by atoms with E-state index in [0.717, 1.165) is 44.2 Å². The van der Waals surface area contributed by atoms with Gasteiger partial charge in [-0.2, -0.15) is 0 Å². The Morgan fingerprint density at radius 1 is 1.29 bits per heavy atom. The van der Waals surface area contributed by atoms with Gasteiger partial charge in [-0.05, 0) is 31.2 Å². The lowest BCUT2D eigenvalue weighted by molar-refractivity contribution is -0.00895. The lowest BCUT2D eigenvalue weighted by Crippen LogP contribution is -2.53. The van der Waals surface area contributed by atoms with E-state index in [1.807, 2.05) is 35.2 Å². The maximum Gasteiger partial charge on any atom is 0.410 e. The predicted octanol–water partition coefficient (Wildman–Crippen LogP) is 2.95. The van der Waals surface area contributed by atoms with Gasteiger partial charge >= 0.3 is 6.09 Å². The van der Waals surface area contributed by atoms with Crippen molar-refractivity contribution in [2.75, 3.05) is 13.2 Å². The monoisotopic (exact) mass is 289 g/mol. The van der Waals surface area contributed by atoms with Crippen LogP contribution < -0.4 is 0 Å². The largest absolute Gasteiger partial charge is 0.445 e. The van der Waals surface area contributed by atoms with Gasteiger partial charge < -0.3 is 14.7 Å². The fraction of sp³-hybridized carbons (Fsp3) is 0.588. The van der Waals surface area contributed by atoms with Crippen molar-refractivity contribution >= 4 is 6.09 Å². The number of nitrogens with zero attached hydrogens (tertiary/aromatic N) is 1. The molecule has 2 atom stereocenters. The molecule has 4 heteroatoms. The molecule has 1 aliphatic carbocycles. The summed E-state index contributed by atoms with van der Waals surface area (Å²) in [5.41, 5.74) is 0.923. The summed E-state index contributed by atoms with van der Waals surface area (Å²) in [6.45, 7) is 1.25. The molecule has 3 rings (SSSR count). The van der Waals surface area contributed by atoms with E-state index in [1.165, 1.54) is 0 Å². The summed E-state index contributed by atoms with van der Waals surface area (Å²) < 4.78 is 5.47. The number of aliphatic hydroxyl groups is 1. The molecule has 1 saturated heterocycles. The Balaban J connectivity index is 1.64. The zero-order valence-corrected chi connectivity index (χ0v) is 12.3. The number of amides is 1. The molecule has 21 heavy (non-hydrogen) atoms. The number of aliphatic hydroxyl groups excluding tert-OH is 1. The molecule has 1 aromatic rings. The Morgan fingerprint density at radius 3 is 2.81 bits per heavy atom. The number of hydrogen-bond acceptors (Lipinski definition) is 3. The third-order valence-electron chi connectivity index (χ3n) is 5.06. The van der Waals surface area contributed by atoms with E-state index in [9.17, 15) is 9.90 Å².